The highest BCUT2D eigenvalue weighted by Gasteiger charge is 2.44. The fourth-order valence-corrected chi connectivity index (χ4v) is 14.4. The summed E-state index contributed by atoms with van der Waals surface area (Å²) in [5.74, 6) is 0.238. The molecule has 3 aromatic rings. The molecule has 0 bridgehead atoms. The van der Waals surface area contributed by atoms with Gasteiger partial charge in [-0.25, -0.2) is 35.9 Å². The molecule has 0 saturated carbocycles. The van der Waals surface area contributed by atoms with Crippen molar-refractivity contribution in [2.24, 2.45) is 0 Å². The van der Waals surface area contributed by atoms with E-state index in [9.17, 15) is 26.4 Å². The number of aryl methyl sites for hydroxylation is 3. The van der Waals surface area contributed by atoms with Crippen molar-refractivity contribution in [3.8, 4) is 0 Å². The van der Waals surface area contributed by atoms with Gasteiger partial charge in [0.25, 0.3) is 0 Å². The second kappa shape index (κ2) is 16.3. The smallest absolute Gasteiger partial charge is 0.307 e. The molecule has 15 heteroatoms. The average molecular weight is 870 g/mol. The van der Waals surface area contributed by atoms with Crippen molar-refractivity contribution in [3.63, 3.8) is 0 Å². The summed E-state index contributed by atoms with van der Waals surface area (Å²) in [7, 11) is -7.75. The third-order valence-corrected chi connectivity index (χ3v) is 18.4. The van der Waals surface area contributed by atoms with Crippen LogP contribution in [0.25, 0.3) is 0 Å². The van der Waals surface area contributed by atoms with Gasteiger partial charge in [-0.1, -0.05) is 49.4 Å². The van der Waals surface area contributed by atoms with Crippen molar-refractivity contribution in [2.75, 3.05) is 56.4 Å². The summed E-state index contributed by atoms with van der Waals surface area (Å²) >= 11 is 0. The van der Waals surface area contributed by atoms with Crippen molar-refractivity contribution in [1.29, 1.82) is 0 Å². The number of hydrogen-bond acceptors (Lipinski definition) is 9. The molecule has 3 aliphatic heterocycles. The predicted octanol–water partition coefficient (Wildman–Crippen LogP) is 5.38. The van der Waals surface area contributed by atoms with Gasteiger partial charge in [0.1, 0.15) is 10.5 Å². The summed E-state index contributed by atoms with van der Waals surface area (Å²) in [6.45, 7) is 7.59. The maximum absolute atomic E-state index is 13.7. The first-order valence-electron chi connectivity index (χ1n) is 22.7. The molecule has 7 aliphatic rings. The number of amides is 4. The number of carbonyl (C=O) groups is 2. The highest BCUT2D eigenvalue weighted by atomic mass is 32.2. The van der Waals surface area contributed by atoms with E-state index in [0.29, 0.717) is 38.8 Å². The van der Waals surface area contributed by atoms with Crippen molar-refractivity contribution in [1.82, 2.24) is 24.1 Å². The molecule has 10 rings (SSSR count). The lowest BCUT2D eigenvalue weighted by Gasteiger charge is -2.46. The highest BCUT2D eigenvalue weighted by molar-refractivity contribution is 7.91. The Kier molecular flexibility index (Phi) is 10.9. The van der Waals surface area contributed by atoms with Crippen molar-refractivity contribution in [2.45, 2.75) is 119 Å². The van der Waals surface area contributed by atoms with E-state index in [2.05, 4.69) is 53.8 Å². The van der Waals surface area contributed by atoms with E-state index in [1.807, 2.05) is 30.3 Å². The van der Waals surface area contributed by atoms with Crippen LogP contribution in [0.5, 0.6) is 0 Å². The Balaban J connectivity index is 0.841. The number of hydrogen-bond donors (Lipinski definition) is 4. The number of urea groups is 2. The SMILES string of the molecule is CCN1CCC(N2CC(S(=O)(=O)NC(=O)Nc3c4c(cc5c3CCC5C3CCc5cc6c(c(NC(=O)NS(=O)(=O)C7CN(Cc8ccccc8)C7)c53)CCC6)CCC4)C2)CC1. The van der Waals surface area contributed by atoms with Gasteiger partial charge in [0.2, 0.25) is 20.0 Å². The van der Waals surface area contributed by atoms with Gasteiger partial charge < -0.3 is 15.5 Å². The maximum Gasteiger partial charge on any atom is 0.332 e. The zero-order valence-corrected chi connectivity index (χ0v) is 36.8. The molecule has 2 unspecified atom stereocenters. The molecule has 2 atom stereocenters. The Morgan fingerprint density at radius 1 is 0.639 bits per heavy atom. The molecule has 3 fully saturated rings. The van der Waals surface area contributed by atoms with Crippen molar-refractivity contribution < 1.29 is 26.4 Å². The molecular formula is C46H59N7O6S2. The lowest BCUT2D eigenvalue weighted by Crippen LogP contribution is -2.62. The Labute approximate surface area is 360 Å². The number of sulfonamides is 2. The number of fused-ring (bicyclic) bond motifs is 4. The number of anilines is 2. The van der Waals surface area contributed by atoms with E-state index < -0.39 is 42.6 Å². The lowest BCUT2D eigenvalue weighted by molar-refractivity contribution is 0.0674. The summed E-state index contributed by atoms with van der Waals surface area (Å²) in [5, 5.41) is 4.91. The molecule has 0 aromatic heterocycles. The van der Waals surface area contributed by atoms with E-state index in [1.165, 1.54) is 22.3 Å². The first kappa shape index (κ1) is 41.0. The summed E-state index contributed by atoms with van der Waals surface area (Å²) in [5.41, 5.74) is 12.0. The average Bonchev–Trinajstić information content (AvgIpc) is 4.02. The zero-order chi connectivity index (χ0) is 42.0. The molecule has 4 amide bonds. The molecule has 0 spiro atoms. The highest BCUT2D eigenvalue weighted by Crippen LogP contribution is 2.55. The van der Waals surface area contributed by atoms with E-state index in [0.717, 1.165) is 136 Å². The first-order chi connectivity index (χ1) is 29.4. The van der Waals surface area contributed by atoms with Crippen LogP contribution in [-0.4, -0.2) is 106 Å². The van der Waals surface area contributed by atoms with E-state index in [1.54, 1.807) is 0 Å². The molecule has 3 saturated heterocycles. The Bertz CT molecular complexity index is 2440. The summed E-state index contributed by atoms with van der Waals surface area (Å²) < 4.78 is 58.6. The molecule has 326 valence electrons. The normalized spacial score (nSPS) is 23.4. The van der Waals surface area contributed by atoms with Crippen LogP contribution < -0.4 is 20.1 Å². The van der Waals surface area contributed by atoms with Crippen LogP contribution in [-0.2, 0) is 65.1 Å². The van der Waals surface area contributed by atoms with Gasteiger partial charge in [-0.2, -0.15) is 0 Å². The van der Waals surface area contributed by atoms with Gasteiger partial charge in [-0.15, -0.1) is 0 Å². The topological polar surface area (TPSA) is 160 Å². The van der Waals surface area contributed by atoms with Gasteiger partial charge in [0.05, 0.1) is 0 Å². The number of nitrogens with zero attached hydrogens (tertiary/aromatic N) is 3. The third-order valence-electron chi connectivity index (χ3n) is 15.1. The molecule has 0 radical (unpaired) electrons. The van der Waals surface area contributed by atoms with Gasteiger partial charge >= 0.3 is 12.1 Å². The number of piperidine rings is 1. The van der Waals surface area contributed by atoms with E-state index in [-0.39, 0.29) is 11.8 Å². The Morgan fingerprint density at radius 2 is 1.25 bits per heavy atom. The molecule has 3 aromatic carbocycles. The largest absolute Gasteiger partial charge is 0.332 e. The van der Waals surface area contributed by atoms with Crippen molar-refractivity contribution in [3.05, 3.63) is 92.5 Å². The maximum atomic E-state index is 13.7. The van der Waals surface area contributed by atoms with Crippen LogP contribution in [0.1, 0.15) is 107 Å². The number of benzene rings is 3. The fourth-order valence-electron chi connectivity index (χ4n) is 11.8. The minimum absolute atomic E-state index is 0.101. The molecule has 3 heterocycles. The second-order valence-corrected chi connectivity index (χ2v) is 22.6. The molecule has 4 aliphatic carbocycles. The third kappa shape index (κ3) is 7.87. The molecular weight excluding hydrogens is 811 g/mol. The van der Waals surface area contributed by atoms with Crippen molar-refractivity contribution >= 4 is 43.5 Å². The van der Waals surface area contributed by atoms with Gasteiger partial charge in [-0.3, -0.25) is 9.80 Å². The Morgan fingerprint density at radius 3 is 1.92 bits per heavy atom. The van der Waals surface area contributed by atoms with Gasteiger partial charge in [-0.05, 0) is 159 Å². The lowest BCUT2D eigenvalue weighted by atomic mass is 9.81. The Hall–Kier alpha value is -4.02. The number of rotatable bonds is 11. The monoisotopic (exact) mass is 869 g/mol. The summed E-state index contributed by atoms with van der Waals surface area (Å²) in [6.07, 6.45) is 10.9. The molecule has 13 nitrogen and oxygen atoms in total. The van der Waals surface area contributed by atoms with Crippen LogP contribution in [0.3, 0.4) is 0 Å². The van der Waals surface area contributed by atoms with Crippen LogP contribution in [0.4, 0.5) is 21.0 Å². The van der Waals surface area contributed by atoms with Crippen LogP contribution in [0.15, 0.2) is 42.5 Å². The van der Waals surface area contributed by atoms with E-state index >= 15 is 0 Å². The van der Waals surface area contributed by atoms with Crippen LogP contribution >= 0.6 is 0 Å². The summed E-state index contributed by atoms with van der Waals surface area (Å²) in [4.78, 5) is 34.1. The van der Waals surface area contributed by atoms with Crippen LogP contribution in [0, 0.1) is 0 Å². The molecule has 61 heavy (non-hydrogen) atoms. The minimum atomic E-state index is -3.90. The first-order valence-corrected chi connectivity index (χ1v) is 25.8. The minimum Gasteiger partial charge on any atom is -0.307 e. The van der Waals surface area contributed by atoms with Gasteiger partial charge in [0, 0.05) is 50.1 Å². The second-order valence-electron chi connectivity index (χ2n) is 18.7. The fraction of sp³-hybridized carbons (Fsp3) is 0.565. The van der Waals surface area contributed by atoms with Crippen LogP contribution in [0.2, 0.25) is 0 Å². The quantitative estimate of drug-likeness (QED) is 0.199. The number of carbonyl (C=O) groups excluding carboxylic acids is 2. The molecule has 4 N–H and O–H groups in total. The number of likely N-dealkylation sites (tertiary alicyclic amines) is 3. The zero-order valence-electron chi connectivity index (χ0n) is 35.2. The predicted molar refractivity (Wildman–Crippen MR) is 237 cm³/mol. The van der Waals surface area contributed by atoms with E-state index in [4.69, 9.17) is 0 Å². The summed E-state index contributed by atoms with van der Waals surface area (Å²) in [6, 6.07) is 13.6. The number of nitrogens with one attached hydrogen (secondary N) is 4. The standard InChI is InChI=1S/C46H59N7O6S2/c1-2-51-20-18-33(19-21-51)53-27-35(28-53)61(58,59)49-45(54)47-43-36-12-7-11-31(36)23-41-38(16-17-40(41)43)39-15-14-32-22-30-10-6-13-37(30)44(42(32)39)48-46(55)50-60(56,57)34-25-52(26-34)24-29-8-4-3-5-9-29/h3-5,8-9,22-23,33-35,38-39H,2,6-7,10-21,24-28H2,1H3,(H2,47,49,54)(H2,48,50,55). The van der Waals surface area contributed by atoms with Gasteiger partial charge in [0.15, 0.2) is 0 Å².